The summed E-state index contributed by atoms with van der Waals surface area (Å²) in [6.07, 6.45) is 1.86. The fourth-order valence-electron chi connectivity index (χ4n) is 2.60. The molecule has 1 heterocycles. The summed E-state index contributed by atoms with van der Waals surface area (Å²) in [6.45, 7) is 6.15. The van der Waals surface area contributed by atoms with Crippen molar-refractivity contribution in [2.75, 3.05) is 25.1 Å². The second-order valence-electron chi connectivity index (χ2n) is 5.57. The van der Waals surface area contributed by atoms with E-state index in [1.807, 2.05) is 60.3 Å². The molecule has 1 aromatic carbocycles. The number of nitrogens with zero attached hydrogens (tertiary/aromatic N) is 4. The van der Waals surface area contributed by atoms with E-state index in [1.54, 1.807) is 0 Å². The van der Waals surface area contributed by atoms with Crippen molar-refractivity contribution in [1.29, 1.82) is 0 Å². The minimum atomic E-state index is -0.793. The van der Waals surface area contributed by atoms with Gasteiger partial charge in [-0.15, -0.1) is 0 Å². The summed E-state index contributed by atoms with van der Waals surface area (Å²) in [5, 5.41) is 8.46. The summed E-state index contributed by atoms with van der Waals surface area (Å²) >= 11 is 0. The van der Waals surface area contributed by atoms with Gasteiger partial charge >= 0.3 is 5.97 Å². The molecule has 0 aliphatic rings. The largest absolute Gasteiger partial charge is 0.467 e. The van der Waals surface area contributed by atoms with Crippen LogP contribution in [-0.2, 0) is 16.6 Å². The maximum atomic E-state index is 12.1. The first kappa shape index (κ1) is 18.6. The Balaban J connectivity index is 2.24. The quantitative estimate of drug-likeness (QED) is 0.441. The van der Waals surface area contributed by atoms with Crippen LogP contribution < -0.4 is 9.47 Å². The summed E-state index contributed by atoms with van der Waals surface area (Å²) in [7, 11) is 3.21. The van der Waals surface area contributed by atoms with Crippen LogP contribution in [0.2, 0.25) is 0 Å². The Morgan fingerprint density at radius 1 is 1.16 bits per heavy atom. The number of rotatable bonds is 7. The van der Waals surface area contributed by atoms with Crippen LogP contribution in [0.4, 0.5) is 11.4 Å². The van der Waals surface area contributed by atoms with Gasteiger partial charge in [-0.1, -0.05) is 6.07 Å². The fourth-order valence-corrected chi connectivity index (χ4v) is 2.60. The Morgan fingerprint density at radius 3 is 2.40 bits per heavy atom. The van der Waals surface area contributed by atoms with Gasteiger partial charge in [0, 0.05) is 30.9 Å². The van der Waals surface area contributed by atoms with Crippen molar-refractivity contribution < 1.29 is 14.1 Å². The van der Waals surface area contributed by atoms with Crippen molar-refractivity contribution >= 4 is 17.3 Å². The van der Waals surface area contributed by atoms with Crippen molar-refractivity contribution in [2.24, 2.45) is 17.3 Å². The number of benzene rings is 1. The number of methoxy groups -OCH3 is 1. The highest BCUT2D eigenvalue weighted by Crippen LogP contribution is 2.23. The highest BCUT2D eigenvalue weighted by molar-refractivity contribution is 5.76. The molecular formula is C19H25N4O2+. The van der Waals surface area contributed by atoms with E-state index in [-0.39, 0.29) is 0 Å². The van der Waals surface area contributed by atoms with Gasteiger partial charge in [-0.3, -0.25) is 0 Å². The van der Waals surface area contributed by atoms with Crippen LogP contribution in [0.3, 0.4) is 0 Å². The number of aromatic nitrogens is 1. The molecule has 0 saturated heterocycles. The van der Waals surface area contributed by atoms with Gasteiger partial charge in [-0.05, 0) is 38.1 Å². The maximum Gasteiger partial charge on any atom is 0.343 e. The lowest BCUT2D eigenvalue weighted by molar-refractivity contribution is -0.679. The van der Waals surface area contributed by atoms with Gasteiger partial charge in [0.1, 0.15) is 7.05 Å². The van der Waals surface area contributed by atoms with Crippen LogP contribution in [0.5, 0.6) is 0 Å². The third-order valence-corrected chi connectivity index (χ3v) is 4.07. The molecule has 6 nitrogen and oxygen atoms in total. The SMILES string of the molecule is CCN(CC)c1ccc(N=NC(C(=O)OC)c2cccc[n+]2C)cc1. The van der Waals surface area contributed by atoms with Crippen molar-refractivity contribution in [3.8, 4) is 0 Å². The van der Waals surface area contributed by atoms with Crippen LogP contribution in [0, 0.1) is 0 Å². The molecule has 0 amide bonds. The predicted octanol–water partition coefficient (Wildman–Crippen LogP) is 3.36. The van der Waals surface area contributed by atoms with Crippen molar-refractivity contribution in [3.63, 3.8) is 0 Å². The standard InChI is InChI=1S/C19H25N4O2/c1-5-23(6-2)16-12-10-15(11-13-16)20-21-18(19(24)25-4)17-9-7-8-14-22(17)3/h7-14,18H,5-6H2,1-4H3/q+1. The van der Waals surface area contributed by atoms with E-state index in [0.29, 0.717) is 5.69 Å². The van der Waals surface area contributed by atoms with Gasteiger partial charge in [0.25, 0.3) is 6.04 Å². The number of esters is 1. The normalized spacial score (nSPS) is 12.2. The molecular weight excluding hydrogens is 316 g/mol. The Kier molecular flexibility index (Phi) is 6.62. The molecule has 0 bridgehead atoms. The number of hydrogen-bond acceptors (Lipinski definition) is 5. The maximum absolute atomic E-state index is 12.1. The molecule has 1 atom stereocenters. The zero-order chi connectivity index (χ0) is 18.2. The minimum Gasteiger partial charge on any atom is -0.467 e. The van der Waals surface area contributed by atoms with E-state index in [1.165, 1.54) is 7.11 Å². The van der Waals surface area contributed by atoms with E-state index >= 15 is 0 Å². The molecule has 2 aromatic rings. The average molecular weight is 341 g/mol. The first-order chi connectivity index (χ1) is 12.1. The van der Waals surface area contributed by atoms with Gasteiger partial charge < -0.3 is 9.64 Å². The van der Waals surface area contributed by atoms with Crippen molar-refractivity contribution in [2.45, 2.75) is 19.9 Å². The molecule has 1 aromatic heterocycles. The number of carbonyl (C=O) groups excluding carboxylic acids is 1. The van der Waals surface area contributed by atoms with E-state index < -0.39 is 12.0 Å². The van der Waals surface area contributed by atoms with Crippen molar-refractivity contribution in [1.82, 2.24) is 0 Å². The van der Waals surface area contributed by atoms with Crippen LogP contribution in [-0.4, -0.2) is 26.2 Å². The first-order valence-corrected chi connectivity index (χ1v) is 8.38. The number of carbonyl (C=O) groups is 1. The third-order valence-electron chi connectivity index (χ3n) is 4.07. The molecule has 0 spiro atoms. The fraction of sp³-hybridized carbons (Fsp3) is 0.368. The lowest BCUT2D eigenvalue weighted by Crippen LogP contribution is -2.36. The van der Waals surface area contributed by atoms with Crippen LogP contribution in [0.25, 0.3) is 0 Å². The Labute approximate surface area is 148 Å². The Morgan fingerprint density at radius 2 is 1.84 bits per heavy atom. The molecule has 0 radical (unpaired) electrons. The highest BCUT2D eigenvalue weighted by atomic mass is 16.5. The molecule has 132 valence electrons. The molecule has 0 N–H and O–H groups in total. The van der Waals surface area contributed by atoms with Crippen molar-refractivity contribution in [3.05, 3.63) is 54.4 Å². The van der Waals surface area contributed by atoms with Gasteiger partial charge in [0.15, 0.2) is 6.20 Å². The predicted molar refractivity (Wildman–Crippen MR) is 96.9 cm³/mol. The van der Waals surface area contributed by atoms with Gasteiger partial charge in [0.2, 0.25) is 5.69 Å². The molecule has 0 aliphatic heterocycles. The molecule has 2 rings (SSSR count). The van der Waals surface area contributed by atoms with E-state index in [9.17, 15) is 4.79 Å². The summed E-state index contributed by atoms with van der Waals surface area (Å²) in [4.78, 5) is 14.4. The smallest absolute Gasteiger partial charge is 0.343 e. The zero-order valence-corrected chi connectivity index (χ0v) is 15.2. The molecule has 1 unspecified atom stereocenters. The second-order valence-corrected chi connectivity index (χ2v) is 5.57. The number of azo groups is 1. The van der Waals surface area contributed by atoms with E-state index in [2.05, 4.69) is 29.0 Å². The number of aryl methyl sites for hydroxylation is 1. The number of pyridine rings is 1. The van der Waals surface area contributed by atoms with Gasteiger partial charge in [0.05, 0.1) is 12.8 Å². The average Bonchev–Trinajstić information content (AvgIpc) is 2.65. The monoisotopic (exact) mass is 341 g/mol. The summed E-state index contributed by atoms with van der Waals surface area (Å²) in [5.41, 5.74) is 2.56. The molecule has 25 heavy (non-hydrogen) atoms. The van der Waals surface area contributed by atoms with Crippen LogP contribution >= 0.6 is 0 Å². The molecule has 0 aliphatic carbocycles. The summed E-state index contributed by atoms with van der Waals surface area (Å²) in [5.74, 6) is -0.440. The zero-order valence-electron chi connectivity index (χ0n) is 15.2. The summed E-state index contributed by atoms with van der Waals surface area (Å²) in [6, 6.07) is 12.6. The third kappa shape index (κ3) is 4.62. The van der Waals surface area contributed by atoms with Crippen LogP contribution in [0.1, 0.15) is 25.6 Å². The number of hydrogen-bond donors (Lipinski definition) is 0. The highest BCUT2D eigenvalue weighted by Gasteiger charge is 2.28. The Bertz CT molecular complexity index is 724. The topological polar surface area (TPSA) is 58.1 Å². The minimum absolute atomic E-state index is 0.440. The van der Waals surface area contributed by atoms with E-state index in [4.69, 9.17) is 4.74 Å². The molecule has 0 saturated carbocycles. The first-order valence-electron chi connectivity index (χ1n) is 8.38. The van der Waals surface area contributed by atoms with E-state index in [0.717, 1.165) is 24.5 Å². The number of anilines is 1. The number of ether oxygens (including phenoxy) is 1. The molecule has 0 fully saturated rings. The summed E-state index contributed by atoms with van der Waals surface area (Å²) < 4.78 is 6.71. The van der Waals surface area contributed by atoms with Crippen LogP contribution in [0.15, 0.2) is 58.9 Å². The lowest BCUT2D eigenvalue weighted by atomic mass is 10.2. The second kappa shape index (κ2) is 8.92. The molecule has 6 heteroatoms. The van der Waals surface area contributed by atoms with Gasteiger partial charge in [-0.2, -0.15) is 10.2 Å². The lowest BCUT2D eigenvalue weighted by Gasteiger charge is -2.20. The Hall–Kier alpha value is -2.76. The van der Waals surface area contributed by atoms with Gasteiger partial charge in [-0.25, -0.2) is 9.36 Å².